The Bertz CT molecular complexity index is 1410. The van der Waals surface area contributed by atoms with E-state index in [4.69, 9.17) is 0 Å². The van der Waals surface area contributed by atoms with E-state index < -0.39 is 11.7 Å². The van der Waals surface area contributed by atoms with Crippen molar-refractivity contribution in [2.24, 2.45) is 0 Å². The second kappa shape index (κ2) is 12.7. The molecule has 3 amide bonds. The molecule has 0 fully saturated rings. The summed E-state index contributed by atoms with van der Waals surface area (Å²) in [4.78, 5) is 39.5. The Balaban J connectivity index is 1.37. The molecule has 0 spiro atoms. The van der Waals surface area contributed by atoms with Crippen LogP contribution in [0.5, 0.6) is 0 Å². The molecule has 37 heavy (non-hydrogen) atoms. The van der Waals surface area contributed by atoms with Gasteiger partial charge >= 0.3 is 0 Å². The number of para-hydroxylation sites is 1. The van der Waals surface area contributed by atoms with Crippen molar-refractivity contribution in [3.8, 4) is 0 Å². The van der Waals surface area contributed by atoms with E-state index in [9.17, 15) is 18.8 Å². The summed E-state index contributed by atoms with van der Waals surface area (Å²) in [5.74, 6) is -1.58. The predicted molar refractivity (Wildman–Crippen MR) is 147 cm³/mol. The molecule has 6 nitrogen and oxygen atoms in total. The topological polar surface area (TPSA) is 87.3 Å². The first kappa shape index (κ1) is 25.9. The Morgan fingerprint density at radius 1 is 0.838 bits per heavy atom. The first-order valence-corrected chi connectivity index (χ1v) is 13.0. The standard InChI is InChI=1S/C28H22FN3O3S2/c29-23-10-4-5-11-24(23)31-26(33)18-37-21-14-12-20(13-15-21)30-28(35)25(17-22-9-6-16-36-22)32-27(34)19-7-2-1-3-8-19/h1-17H,18H2,(H,30,35)(H,31,33)(H,32,34)/b25-17-. The van der Waals surface area contributed by atoms with E-state index in [0.29, 0.717) is 11.3 Å². The molecule has 0 bridgehead atoms. The average Bonchev–Trinajstić information content (AvgIpc) is 3.43. The number of benzene rings is 3. The molecule has 0 saturated carbocycles. The van der Waals surface area contributed by atoms with Crippen molar-refractivity contribution >= 4 is 58.3 Å². The summed E-state index contributed by atoms with van der Waals surface area (Å²) in [6, 6.07) is 25.3. The van der Waals surface area contributed by atoms with Crippen molar-refractivity contribution < 1.29 is 18.8 Å². The molecular formula is C28H22FN3O3S2. The van der Waals surface area contributed by atoms with Crippen LogP contribution < -0.4 is 16.0 Å². The SMILES string of the molecule is O=C(CSc1ccc(NC(=O)/C(=C/c2cccs2)NC(=O)c2ccccc2)cc1)Nc1ccccc1F. The number of amides is 3. The van der Waals surface area contributed by atoms with Crippen LogP contribution in [0.4, 0.5) is 15.8 Å². The summed E-state index contributed by atoms with van der Waals surface area (Å²) in [6.45, 7) is 0. The minimum atomic E-state index is -0.492. The van der Waals surface area contributed by atoms with Crippen LogP contribution in [-0.4, -0.2) is 23.5 Å². The zero-order chi connectivity index (χ0) is 26.0. The fraction of sp³-hybridized carbons (Fsp3) is 0.0357. The molecule has 0 atom stereocenters. The molecule has 1 heterocycles. The molecule has 0 saturated heterocycles. The van der Waals surface area contributed by atoms with Gasteiger partial charge in [0, 0.05) is 21.0 Å². The summed E-state index contributed by atoms with van der Waals surface area (Å²) < 4.78 is 13.7. The van der Waals surface area contributed by atoms with Gasteiger partial charge in [0.25, 0.3) is 11.8 Å². The maximum atomic E-state index is 13.7. The highest BCUT2D eigenvalue weighted by molar-refractivity contribution is 8.00. The highest BCUT2D eigenvalue weighted by Gasteiger charge is 2.15. The molecule has 4 aromatic rings. The summed E-state index contributed by atoms with van der Waals surface area (Å²) in [5.41, 5.74) is 1.21. The van der Waals surface area contributed by atoms with Crippen LogP contribution in [0, 0.1) is 5.82 Å². The lowest BCUT2D eigenvalue weighted by atomic mass is 10.2. The van der Waals surface area contributed by atoms with Gasteiger partial charge in [-0.1, -0.05) is 36.4 Å². The van der Waals surface area contributed by atoms with Gasteiger partial charge in [-0.25, -0.2) is 4.39 Å². The van der Waals surface area contributed by atoms with E-state index in [1.54, 1.807) is 66.7 Å². The summed E-state index contributed by atoms with van der Waals surface area (Å²) >= 11 is 2.73. The van der Waals surface area contributed by atoms with E-state index in [1.165, 1.54) is 35.2 Å². The third kappa shape index (κ3) is 7.63. The van der Waals surface area contributed by atoms with E-state index in [0.717, 1.165) is 9.77 Å². The van der Waals surface area contributed by atoms with Gasteiger partial charge in [-0.05, 0) is 66.1 Å². The normalized spacial score (nSPS) is 11.0. The van der Waals surface area contributed by atoms with Gasteiger partial charge in [-0.15, -0.1) is 23.1 Å². The quantitative estimate of drug-likeness (QED) is 0.182. The van der Waals surface area contributed by atoms with Gasteiger partial charge in [-0.3, -0.25) is 14.4 Å². The highest BCUT2D eigenvalue weighted by atomic mass is 32.2. The lowest BCUT2D eigenvalue weighted by Gasteiger charge is -2.11. The van der Waals surface area contributed by atoms with Gasteiger partial charge in [0.15, 0.2) is 0 Å². The number of hydrogen-bond donors (Lipinski definition) is 3. The zero-order valence-corrected chi connectivity index (χ0v) is 21.1. The van der Waals surface area contributed by atoms with Crippen LogP contribution in [0.15, 0.2) is 107 Å². The van der Waals surface area contributed by atoms with Gasteiger partial charge in [-0.2, -0.15) is 0 Å². The number of thioether (sulfide) groups is 1. The van der Waals surface area contributed by atoms with Crippen molar-refractivity contribution in [2.75, 3.05) is 16.4 Å². The molecule has 186 valence electrons. The smallest absolute Gasteiger partial charge is 0.272 e. The Morgan fingerprint density at radius 3 is 2.27 bits per heavy atom. The molecule has 4 rings (SSSR count). The number of carbonyl (C=O) groups is 3. The lowest BCUT2D eigenvalue weighted by molar-refractivity contribution is -0.114. The van der Waals surface area contributed by atoms with Gasteiger partial charge in [0.05, 0.1) is 11.4 Å². The van der Waals surface area contributed by atoms with Crippen LogP contribution in [0.1, 0.15) is 15.2 Å². The Kier molecular flexibility index (Phi) is 8.85. The summed E-state index contributed by atoms with van der Waals surface area (Å²) in [5, 5.41) is 9.92. The molecule has 0 radical (unpaired) electrons. The van der Waals surface area contributed by atoms with Gasteiger partial charge in [0.2, 0.25) is 5.91 Å². The van der Waals surface area contributed by atoms with E-state index in [2.05, 4.69) is 16.0 Å². The minimum Gasteiger partial charge on any atom is -0.323 e. The molecule has 0 aliphatic rings. The van der Waals surface area contributed by atoms with Crippen LogP contribution in [-0.2, 0) is 9.59 Å². The highest BCUT2D eigenvalue weighted by Crippen LogP contribution is 2.22. The predicted octanol–water partition coefficient (Wildman–Crippen LogP) is 6.03. The van der Waals surface area contributed by atoms with Crippen molar-refractivity contribution in [3.05, 3.63) is 118 Å². The maximum Gasteiger partial charge on any atom is 0.272 e. The van der Waals surface area contributed by atoms with Crippen LogP contribution in [0.2, 0.25) is 0 Å². The monoisotopic (exact) mass is 531 g/mol. The van der Waals surface area contributed by atoms with Crippen LogP contribution in [0.25, 0.3) is 6.08 Å². The van der Waals surface area contributed by atoms with Crippen LogP contribution in [0.3, 0.4) is 0 Å². The summed E-state index contributed by atoms with van der Waals surface area (Å²) in [7, 11) is 0. The molecule has 9 heteroatoms. The number of anilines is 2. The minimum absolute atomic E-state index is 0.0965. The second-order valence-corrected chi connectivity index (χ2v) is 9.72. The lowest BCUT2D eigenvalue weighted by Crippen LogP contribution is -2.30. The van der Waals surface area contributed by atoms with Gasteiger partial charge < -0.3 is 16.0 Å². The molecule has 0 unspecified atom stereocenters. The van der Waals surface area contributed by atoms with Crippen molar-refractivity contribution in [1.29, 1.82) is 0 Å². The number of thiophene rings is 1. The number of carbonyl (C=O) groups excluding carboxylic acids is 3. The number of hydrogen-bond acceptors (Lipinski definition) is 5. The van der Waals surface area contributed by atoms with Gasteiger partial charge in [0.1, 0.15) is 11.5 Å². The largest absolute Gasteiger partial charge is 0.323 e. The average molecular weight is 532 g/mol. The third-order valence-electron chi connectivity index (χ3n) is 4.99. The third-order valence-corrected chi connectivity index (χ3v) is 6.82. The molecular weight excluding hydrogens is 509 g/mol. The Labute approximate surface area is 221 Å². The summed E-state index contributed by atoms with van der Waals surface area (Å²) in [6.07, 6.45) is 1.62. The van der Waals surface area contributed by atoms with Crippen molar-refractivity contribution in [1.82, 2.24) is 5.32 Å². The van der Waals surface area contributed by atoms with E-state index >= 15 is 0 Å². The number of rotatable bonds is 9. The fourth-order valence-electron chi connectivity index (χ4n) is 3.19. The van der Waals surface area contributed by atoms with Crippen molar-refractivity contribution in [3.63, 3.8) is 0 Å². The Morgan fingerprint density at radius 2 is 1.57 bits per heavy atom. The Hall–Kier alpha value is -4.21. The zero-order valence-electron chi connectivity index (χ0n) is 19.4. The fourth-order valence-corrected chi connectivity index (χ4v) is 4.54. The number of halogens is 1. The van der Waals surface area contributed by atoms with E-state index in [1.807, 2.05) is 23.6 Å². The maximum absolute atomic E-state index is 13.7. The molecule has 0 aliphatic carbocycles. The first-order valence-electron chi connectivity index (χ1n) is 11.2. The molecule has 3 aromatic carbocycles. The van der Waals surface area contributed by atoms with Crippen LogP contribution >= 0.6 is 23.1 Å². The molecule has 3 N–H and O–H groups in total. The number of nitrogens with one attached hydrogen (secondary N) is 3. The second-order valence-electron chi connectivity index (χ2n) is 7.69. The van der Waals surface area contributed by atoms with E-state index in [-0.39, 0.29) is 29.0 Å². The van der Waals surface area contributed by atoms with Crippen molar-refractivity contribution in [2.45, 2.75) is 4.90 Å². The molecule has 1 aromatic heterocycles. The molecule has 0 aliphatic heterocycles. The first-order chi connectivity index (χ1) is 18.0.